The standard InChI is InChI=1S/C22H11N3S4/c1-13(12-23)8-14-4-6-16(26-14)18-10-20-21(28-18)11-19(29-20)17-7-5-15(27-17)9-22(24-2)25-3/h4-11H,1H3/b13-8-. The van der Waals surface area contributed by atoms with Crippen LogP contribution < -0.4 is 0 Å². The molecule has 138 valence electrons. The molecule has 0 aliphatic heterocycles. The second-order valence-corrected chi connectivity index (χ2v) is 10.4. The molecular formula is C22H11N3S4. The van der Waals surface area contributed by atoms with Crippen molar-refractivity contribution in [2.75, 3.05) is 0 Å². The van der Waals surface area contributed by atoms with Gasteiger partial charge >= 0.3 is 5.82 Å². The highest BCUT2D eigenvalue weighted by Crippen LogP contribution is 2.44. The Morgan fingerprint density at radius 3 is 1.83 bits per heavy atom. The summed E-state index contributed by atoms with van der Waals surface area (Å²) in [5.41, 5.74) is 0.709. The van der Waals surface area contributed by atoms with Gasteiger partial charge in [0.1, 0.15) is 13.1 Å². The Balaban J connectivity index is 1.61. The van der Waals surface area contributed by atoms with E-state index in [2.05, 4.69) is 40.0 Å². The van der Waals surface area contributed by atoms with Gasteiger partial charge in [-0.25, -0.2) is 0 Å². The first-order valence-electron chi connectivity index (χ1n) is 8.38. The SMILES string of the molecule is [C-]#[N+]C(=Cc1ccc(-c2cc3sc(-c4ccc(/C=C(/C)C#N)s4)cc3s2)s1)[N+]#[C-]. The molecule has 0 bridgehead atoms. The average molecular weight is 446 g/mol. The van der Waals surface area contributed by atoms with Gasteiger partial charge in [0, 0.05) is 50.3 Å². The summed E-state index contributed by atoms with van der Waals surface area (Å²) in [6.45, 7) is 15.8. The van der Waals surface area contributed by atoms with Crippen LogP contribution in [0.1, 0.15) is 16.7 Å². The second kappa shape index (κ2) is 8.17. The number of nitrogens with zero attached hydrogens (tertiary/aromatic N) is 3. The van der Waals surface area contributed by atoms with Crippen LogP contribution >= 0.6 is 45.3 Å². The fourth-order valence-corrected chi connectivity index (χ4v) is 7.17. The molecule has 0 atom stereocenters. The zero-order valence-corrected chi connectivity index (χ0v) is 18.4. The second-order valence-electron chi connectivity index (χ2n) is 6.02. The van der Waals surface area contributed by atoms with E-state index >= 15 is 0 Å². The van der Waals surface area contributed by atoms with Gasteiger partial charge in [-0.3, -0.25) is 0 Å². The molecule has 0 aromatic carbocycles. The Bertz CT molecular complexity index is 1350. The van der Waals surface area contributed by atoms with Gasteiger partial charge in [0.25, 0.3) is 0 Å². The highest BCUT2D eigenvalue weighted by Gasteiger charge is 2.13. The van der Waals surface area contributed by atoms with Crippen LogP contribution in [0.5, 0.6) is 0 Å². The topological polar surface area (TPSA) is 32.5 Å². The molecule has 4 aromatic heterocycles. The minimum Gasteiger partial charge on any atom is -0.193 e. The monoisotopic (exact) mass is 445 g/mol. The van der Waals surface area contributed by atoms with Gasteiger partial charge in [-0.05, 0) is 49.4 Å². The molecule has 7 heteroatoms. The molecule has 0 aliphatic rings. The van der Waals surface area contributed by atoms with Crippen molar-refractivity contribution >= 4 is 66.9 Å². The maximum atomic E-state index is 8.94. The maximum Gasteiger partial charge on any atom is 0.520 e. The molecule has 0 radical (unpaired) electrons. The van der Waals surface area contributed by atoms with Gasteiger partial charge in [0.05, 0.1) is 6.07 Å². The molecule has 0 fully saturated rings. The lowest BCUT2D eigenvalue weighted by molar-refractivity contribution is 1.46. The molecule has 0 N–H and O–H groups in total. The van der Waals surface area contributed by atoms with E-state index in [9.17, 15) is 0 Å². The number of hydrogen-bond acceptors (Lipinski definition) is 5. The maximum absolute atomic E-state index is 8.94. The summed E-state index contributed by atoms with van der Waals surface area (Å²) in [6.07, 6.45) is 3.55. The van der Waals surface area contributed by atoms with E-state index in [1.807, 2.05) is 25.1 Å². The third-order valence-corrected chi connectivity index (χ3v) is 8.73. The quantitative estimate of drug-likeness (QED) is 0.229. The first kappa shape index (κ1) is 19.3. The van der Waals surface area contributed by atoms with Crippen LogP contribution in [0.4, 0.5) is 0 Å². The number of fused-ring (bicyclic) bond motifs is 1. The van der Waals surface area contributed by atoms with Crippen LogP contribution in [0.25, 0.3) is 50.8 Å². The van der Waals surface area contributed by atoms with E-state index in [-0.39, 0.29) is 5.82 Å². The molecule has 0 unspecified atom stereocenters. The summed E-state index contributed by atoms with van der Waals surface area (Å²) < 4.78 is 2.51. The lowest BCUT2D eigenvalue weighted by Gasteiger charge is -1.90. The largest absolute Gasteiger partial charge is 0.520 e. The van der Waals surface area contributed by atoms with Crippen LogP contribution in [-0.4, -0.2) is 0 Å². The predicted molar refractivity (Wildman–Crippen MR) is 127 cm³/mol. The van der Waals surface area contributed by atoms with Gasteiger partial charge in [0.15, 0.2) is 0 Å². The normalized spacial score (nSPS) is 11.0. The summed E-state index contributed by atoms with van der Waals surface area (Å²) >= 11 is 6.83. The molecule has 0 amide bonds. The Morgan fingerprint density at radius 1 is 0.828 bits per heavy atom. The molecule has 0 spiro atoms. The van der Waals surface area contributed by atoms with Crippen molar-refractivity contribution in [2.45, 2.75) is 6.92 Å². The van der Waals surface area contributed by atoms with Gasteiger partial charge in [-0.1, -0.05) is 0 Å². The molecule has 0 saturated carbocycles. The predicted octanol–water partition coefficient (Wildman–Crippen LogP) is 8.48. The smallest absolute Gasteiger partial charge is 0.193 e. The van der Waals surface area contributed by atoms with Crippen molar-refractivity contribution < 1.29 is 0 Å². The molecular weight excluding hydrogens is 435 g/mol. The number of nitriles is 1. The minimum atomic E-state index is 0.0883. The summed E-state index contributed by atoms with van der Waals surface area (Å²) in [4.78, 5) is 13.3. The summed E-state index contributed by atoms with van der Waals surface area (Å²) in [5.74, 6) is 0.0883. The van der Waals surface area contributed by atoms with Crippen molar-refractivity contribution in [3.8, 4) is 25.6 Å². The fraction of sp³-hybridized carbons (Fsp3) is 0.0455. The summed E-state index contributed by atoms with van der Waals surface area (Å²) in [6, 6.07) is 14.8. The van der Waals surface area contributed by atoms with E-state index in [0.29, 0.717) is 5.57 Å². The number of thiophene rings is 4. The van der Waals surface area contributed by atoms with Crippen LogP contribution in [-0.2, 0) is 0 Å². The lowest BCUT2D eigenvalue weighted by Crippen LogP contribution is -1.65. The molecule has 0 aliphatic carbocycles. The Hall–Kier alpha value is -2.99. The third-order valence-electron chi connectivity index (χ3n) is 3.98. The van der Waals surface area contributed by atoms with Gasteiger partial charge < -0.3 is 0 Å². The Labute approximate surface area is 184 Å². The van der Waals surface area contributed by atoms with E-state index in [1.54, 1.807) is 51.4 Å². The van der Waals surface area contributed by atoms with Crippen LogP contribution in [0.2, 0.25) is 0 Å². The van der Waals surface area contributed by atoms with Crippen molar-refractivity contribution in [3.63, 3.8) is 0 Å². The molecule has 4 aromatic rings. The molecule has 29 heavy (non-hydrogen) atoms. The summed E-state index contributed by atoms with van der Waals surface area (Å²) in [5, 5.41) is 8.94. The van der Waals surface area contributed by atoms with E-state index < -0.39 is 0 Å². The molecule has 0 saturated heterocycles. The van der Waals surface area contributed by atoms with Crippen molar-refractivity contribution in [2.24, 2.45) is 0 Å². The molecule has 4 rings (SSSR count). The first-order chi connectivity index (χ1) is 14.1. The fourth-order valence-electron chi connectivity index (χ4n) is 2.67. The Morgan fingerprint density at radius 2 is 1.34 bits per heavy atom. The Kier molecular flexibility index (Phi) is 5.45. The van der Waals surface area contributed by atoms with Gasteiger partial charge in [0.2, 0.25) is 0 Å². The van der Waals surface area contributed by atoms with E-state index in [1.165, 1.54) is 24.0 Å². The van der Waals surface area contributed by atoms with Crippen LogP contribution in [0, 0.1) is 24.5 Å². The zero-order valence-electron chi connectivity index (χ0n) is 15.1. The van der Waals surface area contributed by atoms with Crippen LogP contribution in [0.3, 0.4) is 0 Å². The lowest BCUT2D eigenvalue weighted by atomic mass is 10.3. The van der Waals surface area contributed by atoms with Crippen LogP contribution in [0.15, 0.2) is 47.8 Å². The molecule has 4 heterocycles. The summed E-state index contributed by atoms with van der Waals surface area (Å²) in [7, 11) is 0. The van der Waals surface area contributed by atoms with E-state index in [0.717, 1.165) is 14.6 Å². The minimum absolute atomic E-state index is 0.0883. The van der Waals surface area contributed by atoms with Crippen molar-refractivity contribution in [3.05, 3.63) is 80.4 Å². The van der Waals surface area contributed by atoms with Gasteiger partial charge in [-0.2, -0.15) is 15.0 Å². The van der Waals surface area contributed by atoms with Crippen molar-refractivity contribution in [1.82, 2.24) is 0 Å². The number of hydrogen-bond donors (Lipinski definition) is 0. The highest BCUT2D eigenvalue weighted by atomic mass is 32.1. The first-order valence-corrected chi connectivity index (χ1v) is 11.6. The van der Waals surface area contributed by atoms with E-state index in [4.69, 9.17) is 18.4 Å². The number of allylic oxidation sites excluding steroid dienone is 1. The van der Waals surface area contributed by atoms with Gasteiger partial charge in [-0.15, -0.1) is 45.3 Å². The number of rotatable bonds is 4. The molecule has 3 nitrogen and oxygen atoms in total. The average Bonchev–Trinajstić information content (AvgIpc) is 3.48. The third kappa shape index (κ3) is 4.07. The van der Waals surface area contributed by atoms with Crippen molar-refractivity contribution in [1.29, 1.82) is 5.26 Å². The highest BCUT2D eigenvalue weighted by molar-refractivity contribution is 7.33. The zero-order chi connectivity index (χ0) is 20.4.